The van der Waals surface area contributed by atoms with Crippen LogP contribution in [0, 0.1) is 0 Å². The van der Waals surface area contributed by atoms with Crippen LogP contribution >= 0.6 is 0 Å². The zero-order valence-electron chi connectivity index (χ0n) is 18.7. The number of hydrogen-bond donors (Lipinski definition) is 1. The molecule has 1 saturated heterocycles. The number of amides is 2. The molecule has 10 nitrogen and oxygen atoms in total. The van der Waals surface area contributed by atoms with Gasteiger partial charge >= 0.3 is 6.03 Å². The summed E-state index contributed by atoms with van der Waals surface area (Å²) in [5, 5.41) is 7.00. The third kappa shape index (κ3) is 4.55. The van der Waals surface area contributed by atoms with E-state index in [0.29, 0.717) is 55.1 Å². The van der Waals surface area contributed by atoms with Crippen molar-refractivity contribution in [3.05, 3.63) is 42.4 Å². The van der Waals surface area contributed by atoms with Crippen LogP contribution in [0.1, 0.15) is 24.7 Å². The molecule has 1 aromatic carbocycles. The molecule has 1 aliphatic carbocycles. The molecule has 2 aromatic heterocycles. The van der Waals surface area contributed by atoms with Crippen molar-refractivity contribution >= 4 is 17.5 Å². The van der Waals surface area contributed by atoms with Gasteiger partial charge in [-0.25, -0.2) is 9.78 Å². The zero-order chi connectivity index (χ0) is 22.8. The quantitative estimate of drug-likeness (QED) is 0.609. The van der Waals surface area contributed by atoms with Crippen molar-refractivity contribution < 1.29 is 18.8 Å². The Morgan fingerprint density at radius 3 is 2.52 bits per heavy atom. The number of ether oxygens (including phenoxy) is 2. The van der Waals surface area contributed by atoms with Gasteiger partial charge in [0.15, 0.2) is 11.5 Å². The van der Waals surface area contributed by atoms with E-state index < -0.39 is 0 Å². The topological polar surface area (TPSA) is 106 Å². The second-order valence-corrected chi connectivity index (χ2v) is 8.11. The summed E-state index contributed by atoms with van der Waals surface area (Å²) >= 11 is 0. The van der Waals surface area contributed by atoms with Crippen molar-refractivity contribution in [2.75, 3.05) is 50.6 Å². The molecule has 2 amide bonds. The van der Waals surface area contributed by atoms with Crippen molar-refractivity contribution in [3.8, 4) is 22.9 Å². The van der Waals surface area contributed by atoms with Gasteiger partial charge in [-0.3, -0.25) is 0 Å². The van der Waals surface area contributed by atoms with Crippen LogP contribution < -0.4 is 19.7 Å². The molecule has 2 fully saturated rings. The molecule has 0 bridgehead atoms. The number of anilines is 2. The van der Waals surface area contributed by atoms with Gasteiger partial charge in [0.25, 0.3) is 0 Å². The van der Waals surface area contributed by atoms with Crippen LogP contribution in [0.15, 0.2) is 41.1 Å². The first-order valence-corrected chi connectivity index (χ1v) is 11.0. The Morgan fingerprint density at radius 2 is 1.85 bits per heavy atom. The fourth-order valence-corrected chi connectivity index (χ4v) is 3.81. The summed E-state index contributed by atoms with van der Waals surface area (Å²) in [6.07, 6.45) is 4.02. The van der Waals surface area contributed by atoms with Crippen LogP contribution in [0.5, 0.6) is 11.5 Å². The van der Waals surface area contributed by atoms with Gasteiger partial charge in [-0.2, -0.15) is 4.98 Å². The minimum absolute atomic E-state index is 0.145. The summed E-state index contributed by atoms with van der Waals surface area (Å²) in [6.45, 7) is 2.58. The molecule has 0 spiro atoms. The average Bonchev–Trinajstić information content (AvgIpc) is 3.60. The molecule has 33 heavy (non-hydrogen) atoms. The van der Waals surface area contributed by atoms with Gasteiger partial charge in [0.1, 0.15) is 5.82 Å². The van der Waals surface area contributed by atoms with Gasteiger partial charge in [0, 0.05) is 55.6 Å². The molecule has 0 radical (unpaired) electrons. The van der Waals surface area contributed by atoms with Crippen molar-refractivity contribution in [2.45, 2.75) is 18.8 Å². The SMILES string of the molecule is COc1ccc(NC(=O)N2CCN(c3ccc(-c4noc(C5CC5)n4)cn3)CC2)cc1OC. The maximum absolute atomic E-state index is 12.7. The highest BCUT2D eigenvalue weighted by molar-refractivity contribution is 5.90. The van der Waals surface area contributed by atoms with E-state index in [2.05, 4.69) is 25.3 Å². The Labute approximate surface area is 191 Å². The number of pyridine rings is 1. The van der Waals surface area contributed by atoms with Crippen molar-refractivity contribution in [1.29, 1.82) is 0 Å². The molecule has 3 heterocycles. The predicted octanol–water partition coefficient (Wildman–Crippen LogP) is 3.38. The van der Waals surface area contributed by atoms with E-state index in [0.717, 1.165) is 30.1 Å². The molecule has 3 aromatic rings. The highest BCUT2D eigenvalue weighted by Gasteiger charge is 2.30. The van der Waals surface area contributed by atoms with Crippen LogP contribution in [0.3, 0.4) is 0 Å². The maximum Gasteiger partial charge on any atom is 0.321 e. The molecule has 1 N–H and O–H groups in total. The van der Waals surface area contributed by atoms with E-state index in [1.165, 1.54) is 0 Å². The normalized spacial score (nSPS) is 15.9. The number of benzene rings is 1. The fraction of sp³-hybridized carbons (Fsp3) is 0.391. The van der Waals surface area contributed by atoms with E-state index in [9.17, 15) is 4.79 Å². The van der Waals surface area contributed by atoms with E-state index in [1.807, 2.05) is 12.1 Å². The Morgan fingerprint density at radius 1 is 1.06 bits per heavy atom. The van der Waals surface area contributed by atoms with Crippen LogP contribution in [-0.2, 0) is 0 Å². The third-order valence-corrected chi connectivity index (χ3v) is 5.90. The van der Waals surface area contributed by atoms with Gasteiger partial charge in [-0.05, 0) is 37.1 Å². The number of carbonyl (C=O) groups is 1. The summed E-state index contributed by atoms with van der Waals surface area (Å²) in [5.41, 5.74) is 1.49. The molecule has 10 heteroatoms. The number of urea groups is 1. The number of nitrogens with one attached hydrogen (secondary N) is 1. The third-order valence-electron chi connectivity index (χ3n) is 5.90. The molecule has 0 atom stereocenters. The highest BCUT2D eigenvalue weighted by Crippen LogP contribution is 2.39. The standard InChI is InChI=1S/C23H26N6O4/c1-31-18-7-6-17(13-19(18)32-2)25-23(30)29-11-9-28(10-12-29)20-8-5-16(14-24-20)21-26-22(33-27-21)15-3-4-15/h5-8,13-15H,3-4,9-12H2,1-2H3,(H,25,30). The summed E-state index contributed by atoms with van der Waals surface area (Å²) < 4.78 is 15.9. The zero-order valence-corrected chi connectivity index (χ0v) is 18.7. The summed E-state index contributed by atoms with van der Waals surface area (Å²) in [6, 6.07) is 9.08. The molecule has 5 rings (SSSR count). The first-order valence-electron chi connectivity index (χ1n) is 11.0. The molecule has 172 valence electrons. The van der Waals surface area contributed by atoms with Gasteiger partial charge in [-0.15, -0.1) is 0 Å². The minimum atomic E-state index is -0.145. The maximum atomic E-state index is 12.7. The van der Waals surface area contributed by atoms with Gasteiger partial charge < -0.3 is 29.1 Å². The molecular weight excluding hydrogens is 424 g/mol. The van der Waals surface area contributed by atoms with Crippen LogP contribution in [0.2, 0.25) is 0 Å². The minimum Gasteiger partial charge on any atom is -0.493 e. The lowest BCUT2D eigenvalue weighted by atomic mass is 10.2. The Bertz CT molecular complexity index is 1120. The van der Waals surface area contributed by atoms with Crippen LogP contribution in [0.25, 0.3) is 11.4 Å². The van der Waals surface area contributed by atoms with Gasteiger partial charge in [0.05, 0.1) is 14.2 Å². The Balaban J connectivity index is 1.16. The molecule has 0 unspecified atom stereocenters. The monoisotopic (exact) mass is 450 g/mol. The number of hydrogen-bond acceptors (Lipinski definition) is 8. The summed E-state index contributed by atoms with van der Waals surface area (Å²) in [7, 11) is 3.14. The first-order chi connectivity index (χ1) is 16.1. The Hall–Kier alpha value is -3.82. The summed E-state index contributed by atoms with van der Waals surface area (Å²) in [5.74, 6) is 3.78. The molecule has 2 aliphatic rings. The van der Waals surface area contributed by atoms with Crippen LogP contribution in [0.4, 0.5) is 16.3 Å². The first kappa shape index (κ1) is 21.0. The lowest BCUT2D eigenvalue weighted by Gasteiger charge is -2.35. The van der Waals surface area contributed by atoms with Crippen molar-refractivity contribution in [3.63, 3.8) is 0 Å². The van der Waals surface area contributed by atoms with Crippen molar-refractivity contribution in [2.24, 2.45) is 0 Å². The number of nitrogens with zero attached hydrogens (tertiary/aromatic N) is 5. The lowest BCUT2D eigenvalue weighted by molar-refractivity contribution is 0.208. The fourth-order valence-electron chi connectivity index (χ4n) is 3.81. The number of aromatic nitrogens is 3. The van der Waals surface area contributed by atoms with Crippen molar-refractivity contribution in [1.82, 2.24) is 20.0 Å². The number of piperazine rings is 1. The van der Waals surface area contributed by atoms with E-state index in [-0.39, 0.29) is 6.03 Å². The molecule has 1 aliphatic heterocycles. The van der Waals surface area contributed by atoms with Gasteiger partial charge in [0.2, 0.25) is 11.7 Å². The highest BCUT2D eigenvalue weighted by atomic mass is 16.5. The Kier molecular flexibility index (Phi) is 5.72. The largest absolute Gasteiger partial charge is 0.493 e. The summed E-state index contributed by atoms with van der Waals surface area (Å²) in [4.78, 5) is 25.7. The number of carbonyl (C=O) groups excluding carboxylic acids is 1. The number of rotatable bonds is 6. The average molecular weight is 450 g/mol. The van der Waals surface area contributed by atoms with Crippen LogP contribution in [-0.4, -0.2) is 66.5 Å². The second kappa shape index (κ2) is 8.97. The predicted molar refractivity (Wildman–Crippen MR) is 122 cm³/mol. The van der Waals surface area contributed by atoms with E-state index in [1.54, 1.807) is 43.5 Å². The smallest absolute Gasteiger partial charge is 0.321 e. The molecule has 1 saturated carbocycles. The lowest BCUT2D eigenvalue weighted by Crippen LogP contribution is -2.50. The number of methoxy groups -OCH3 is 2. The molecular formula is C23H26N6O4. The van der Waals surface area contributed by atoms with E-state index in [4.69, 9.17) is 14.0 Å². The second-order valence-electron chi connectivity index (χ2n) is 8.11. The van der Waals surface area contributed by atoms with E-state index >= 15 is 0 Å². The van der Waals surface area contributed by atoms with Gasteiger partial charge in [-0.1, -0.05) is 5.16 Å².